The van der Waals surface area contributed by atoms with Gasteiger partial charge in [0.05, 0.1) is 12.7 Å². The second-order valence-electron chi connectivity index (χ2n) is 3.13. The van der Waals surface area contributed by atoms with Gasteiger partial charge in [0.2, 0.25) is 0 Å². The summed E-state index contributed by atoms with van der Waals surface area (Å²) in [5.74, 6) is -0.362. The van der Waals surface area contributed by atoms with Crippen molar-refractivity contribution < 1.29 is 19.1 Å². The molecular weight excluding hydrogens is 172 g/mol. The second kappa shape index (κ2) is 4.37. The van der Waals surface area contributed by atoms with Crippen molar-refractivity contribution in [3.63, 3.8) is 0 Å². The van der Waals surface area contributed by atoms with Crippen LogP contribution in [0.4, 0.5) is 0 Å². The number of rotatable bonds is 2. The van der Waals surface area contributed by atoms with Crippen LogP contribution < -0.4 is 0 Å². The Balaban J connectivity index is 2.49. The third kappa shape index (κ3) is 2.81. The molecule has 0 saturated carbocycles. The van der Waals surface area contributed by atoms with Gasteiger partial charge >= 0.3 is 5.97 Å². The minimum atomic E-state index is -0.684. The summed E-state index contributed by atoms with van der Waals surface area (Å²) in [4.78, 5) is 22.3. The Morgan fingerprint density at radius 1 is 1.62 bits per heavy atom. The summed E-state index contributed by atoms with van der Waals surface area (Å²) in [7, 11) is 0. The zero-order chi connectivity index (χ0) is 9.84. The molecule has 0 bridgehead atoms. The van der Waals surface area contributed by atoms with Crippen LogP contribution in [-0.2, 0) is 19.1 Å². The molecule has 0 aromatic carbocycles. The van der Waals surface area contributed by atoms with Gasteiger partial charge in [-0.15, -0.1) is 0 Å². The first kappa shape index (κ1) is 10.2. The minimum absolute atomic E-state index is 0.0665. The number of ketones is 1. The smallest absolute Gasteiger partial charge is 0.335 e. The van der Waals surface area contributed by atoms with Gasteiger partial charge in [-0.1, -0.05) is 0 Å². The summed E-state index contributed by atoms with van der Waals surface area (Å²) in [6.07, 6.45) is -0.300. The fraction of sp³-hybridized carbons (Fsp3) is 0.778. The molecule has 0 N–H and O–H groups in total. The number of carbonyl (C=O) groups excluding carboxylic acids is 2. The standard InChI is InChI=1S/C9H14O4/c1-3-12-9(11)8-5-7(10)4-6(2)13-8/h6,8H,3-5H2,1-2H3/t6-,8+/m0/s1. The van der Waals surface area contributed by atoms with Crippen molar-refractivity contribution in [2.75, 3.05) is 6.61 Å². The van der Waals surface area contributed by atoms with E-state index in [-0.39, 0.29) is 18.3 Å². The van der Waals surface area contributed by atoms with E-state index in [4.69, 9.17) is 9.47 Å². The lowest BCUT2D eigenvalue weighted by Gasteiger charge is -2.25. The van der Waals surface area contributed by atoms with E-state index in [1.807, 2.05) is 0 Å². The first-order valence-electron chi connectivity index (χ1n) is 4.47. The summed E-state index contributed by atoms with van der Waals surface area (Å²) < 4.78 is 10.0. The fourth-order valence-corrected chi connectivity index (χ4v) is 1.36. The minimum Gasteiger partial charge on any atom is -0.464 e. The van der Waals surface area contributed by atoms with E-state index >= 15 is 0 Å². The zero-order valence-corrected chi connectivity index (χ0v) is 7.91. The quantitative estimate of drug-likeness (QED) is 0.595. The van der Waals surface area contributed by atoms with Crippen LogP contribution in [0.3, 0.4) is 0 Å². The highest BCUT2D eigenvalue weighted by molar-refractivity contribution is 5.87. The monoisotopic (exact) mass is 186 g/mol. The molecule has 74 valence electrons. The Labute approximate surface area is 77.2 Å². The number of hydrogen-bond donors (Lipinski definition) is 0. The van der Waals surface area contributed by atoms with E-state index in [0.717, 1.165) is 0 Å². The topological polar surface area (TPSA) is 52.6 Å². The maximum Gasteiger partial charge on any atom is 0.335 e. The van der Waals surface area contributed by atoms with Crippen LogP contribution in [0.25, 0.3) is 0 Å². The van der Waals surface area contributed by atoms with E-state index in [1.165, 1.54) is 0 Å². The normalized spacial score (nSPS) is 28.6. The van der Waals surface area contributed by atoms with Gasteiger partial charge in [0.1, 0.15) is 5.78 Å². The molecule has 2 atom stereocenters. The first-order valence-corrected chi connectivity index (χ1v) is 4.47. The van der Waals surface area contributed by atoms with Crippen molar-refractivity contribution in [2.45, 2.75) is 38.9 Å². The molecule has 0 aromatic rings. The average Bonchev–Trinajstić information content (AvgIpc) is 2.03. The van der Waals surface area contributed by atoms with Crippen molar-refractivity contribution in [3.8, 4) is 0 Å². The average molecular weight is 186 g/mol. The van der Waals surface area contributed by atoms with Gasteiger partial charge in [0, 0.05) is 12.8 Å². The van der Waals surface area contributed by atoms with Gasteiger partial charge in [0.25, 0.3) is 0 Å². The Kier molecular flexibility index (Phi) is 3.42. The number of Topliss-reactive ketones (excluding diaryl/α,β-unsaturated/α-hetero) is 1. The number of ether oxygens (including phenoxy) is 2. The Morgan fingerprint density at radius 2 is 2.31 bits per heavy atom. The molecule has 1 heterocycles. The molecule has 4 nitrogen and oxygen atoms in total. The van der Waals surface area contributed by atoms with Gasteiger partial charge in [0.15, 0.2) is 6.10 Å². The lowest BCUT2D eigenvalue weighted by atomic mass is 10.0. The van der Waals surface area contributed by atoms with Crippen LogP contribution in [-0.4, -0.2) is 30.6 Å². The van der Waals surface area contributed by atoms with Crippen LogP contribution in [0.1, 0.15) is 26.7 Å². The maximum atomic E-state index is 11.2. The van der Waals surface area contributed by atoms with Crippen molar-refractivity contribution >= 4 is 11.8 Å². The summed E-state index contributed by atoms with van der Waals surface area (Å²) in [5, 5.41) is 0. The van der Waals surface area contributed by atoms with E-state index in [1.54, 1.807) is 13.8 Å². The number of hydrogen-bond acceptors (Lipinski definition) is 4. The number of carbonyl (C=O) groups is 2. The van der Waals surface area contributed by atoms with Crippen LogP contribution >= 0.6 is 0 Å². The molecule has 0 aliphatic carbocycles. The van der Waals surface area contributed by atoms with Gasteiger partial charge in [-0.2, -0.15) is 0 Å². The summed E-state index contributed by atoms with van der Waals surface area (Å²) in [6.45, 7) is 3.83. The predicted octanol–water partition coefficient (Wildman–Crippen LogP) is 0.686. The van der Waals surface area contributed by atoms with Gasteiger partial charge in [-0.3, -0.25) is 4.79 Å². The molecule has 4 heteroatoms. The van der Waals surface area contributed by atoms with E-state index in [0.29, 0.717) is 13.0 Å². The number of esters is 1. The molecule has 1 saturated heterocycles. The van der Waals surface area contributed by atoms with E-state index in [9.17, 15) is 9.59 Å². The van der Waals surface area contributed by atoms with Crippen molar-refractivity contribution in [1.29, 1.82) is 0 Å². The molecule has 0 amide bonds. The molecule has 1 aliphatic rings. The molecule has 1 rings (SSSR count). The lowest BCUT2D eigenvalue weighted by molar-refractivity contribution is -0.167. The molecule has 0 unspecified atom stereocenters. The molecule has 0 spiro atoms. The van der Waals surface area contributed by atoms with Crippen molar-refractivity contribution in [2.24, 2.45) is 0 Å². The van der Waals surface area contributed by atoms with Crippen molar-refractivity contribution in [1.82, 2.24) is 0 Å². The van der Waals surface area contributed by atoms with Crippen LogP contribution in [0.15, 0.2) is 0 Å². The van der Waals surface area contributed by atoms with Crippen LogP contribution in [0, 0.1) is 0 Å². The zero-order valence-electron chi connectivity index (χ0n) is 7.91. The molecule has 0 radical (unpaired) electrons. The Hall–Kier alpha value is -0.900. The molecule has 1 fully saturated rings. The molecule has 0 aromatic heterocycles. The lowest BCUT2D eigenvalue weighted by Crippen LogP contribution is -2.37. The predicted molar refractivity (Wildman–Crippen MR) is 45.2 cm³/mol. The summed E-state index contributed by atoms with van der Waals surface area (Å²) in [5.41, 5.74) is 0. The van der Waals surface area contributed by atoms with E-state index < -0.39 is 12.1 Å². The second-order valence-corrected chi connectivity index (χ2v) is 3.13. The first-order chi connectivity index (χ1) is 6.13. The molecular formula is C9H14O4. The molecule has 13 heavy (non-hydrogen) atoms. The highest BCUT2D eigenvalue weighted by Gasteiger charge is 2.31. The van der Waals surface area contributed by atoms with Crippen LogP contribution in [0.2, 0.25) is 0 Å². The van der Waals surface area contributed by atoms with Gasteiger partial charge in [-0.05, 0) is 13.8 Å². The highest BCUT2D eigenvalue weighted by Crippen LogP contribution is 2.16. The molecule has 1 aliphatic heterocycles. The largest absolute Gasteiger partial charge is 0.464 e. The maximum absolute atomic E-state index is 11.2. The SMILES string of the molecule is CCOC(=O)[C@H]1CC(=O)C[C@H](C)O1. The van der Waals surface area contributed by atoms with Crippen molar-refractivity contribution in [3.05, 3.63) is 0 Å². The third-order valence-electron chi connectivity index (χ3n) is 1.87. The van der Waals surface area contributed by atoms with Gasteiger partial charge < -0.3 is 9.47 Å². The van der Waals surface area contributed by atoms with Gasteiger partial charge in [-0.25, -0.2) is 4.79 Å². The third-order valence-corrected chi connectivity index (χ3v) is 1.87. The fourth-order valence-electron chi connectivity index (χ4n) is 1.36. The van der Waals surface area contributed by atoms with Crippen LogP contribution in [0.5, 0.6) is 0 Å². The Bertz CT molecular complexity index is 212. The summed E-state index contributed by atoms with van der Waals surface area (Å²) >= 11 is 0. The highest BCUT2D eigenvalue weighted by atomic mass is 16.6. The van der Waals surface area contributed by atoms with E-state index in [2.05, 4.69) is 0 Å². The summed E-state index contributed by atoms with van der Waals surface area (Å²) in [6, 6.07) is 0. The Morgan fingerprint density at radius 3 is 2.85 bits per heavy atom.